The fourth-order valence-electron chi connectivity index (χ4n) is 2.92. The summed E-state index contributed by atoms with van der Waals surface area (Å²) in [6, 6.07) is 0.298. The number of hydrogen-bond acceptors (Lipinski definition) is 4. The first-order valence-corrected chi connectivity index (χ1v) is 8.33. The second-order valence-electron chi connectivity index (χ2n) is 8.01. The van der Waals surface area contributed by atoms with E-state index in [0.717, 1.165) is 19.3 Å². The van der Waals surface area contributed by atoms with Gasteiger partial charge in [0.25, 0.3) is 0 Å². The molecule has 0 aliphatic heterocycles. The highest BCUT2D eigenvalue weighted by molar-refractivity contribution is 5.68. The van der Waals surface area contributed by atoms with Gasteiger partial charge in [0.1, 0.15) is 5.60 Å². The summed E-state index contributed by atoms with van der Waals surface area (Å²) in [6.45, 7) is 10.3. The normalized spacial score (nSPS) is 18.4. The minimum atomic E-state index is -0.485. The van der Waals surface area contributed by atoms with Gasteiger partial charge in [-0.1, -0.05) is 0 Å². The number of aryl methyl sites for hydroxylation is 1. The molecule has 0 bridgehead atoms. The lowest BCUT2D eigenvalue weighted by Gasteiger charge is -2.32. The maximum Gasteiger partial charge on any atom is 0.408 e. The predicted octanol–water partition coefficient (Wildman–Crippen LogP) is 2.69. The molecule has 1 atom stereocenters. The first-order valence-electron chi connectivity index (χ1n) is 8.33. The molecule has 1 unspecified atom stereocenters. The summed E-state index contributed by atoms with van der Waals surface area (Å²) >= 11 is 0. The van der Waals surface area contributed by atoms with Gasteiger partial charge in [0.05, 0.1) is 11.7 Å². The highest BCUT2D eigenvalue weighted by Crippen LogP contribution is 2.29. The van der Waals surface area contributed by atoms with Gasteiger partial charge in [0.15, 0.2) is 0 Å². The molecule has 0 fully saturated rings. The lowest BCUT2D eigenvalue weighted by molar-refractivity contribution is 0.0470. The average Bonchev–Trinajstić information content (AvgIpc) is 2.76. The molecule has 0 radical (unpaired) electrons. The number of nitrogens with one attached hydrogen (secondary N) is 2. The molecule has 2 N–H and O–H groups in total. The fourth-order valence-corrected chi connectivity index (χ4v) is 2.92. The summed E-state index contributed by atoms with van der Waals surface area (Å²) in [6.07, 6.45) is 4.92. The standard InChI is InChI=1S/C17H30N4O2/c1-16(2,3)23-15(22)20-17(4,5)11-18-13-8-7-9-14-12(13)10-19-21(14)6/h10,13,18H,7-9,11H2,1-6H3,(H,20,22). The molecule has 6 heteroatoms. The van der Waals surface area contributed by atoms with Crippen molar-refractivity contribution in [3.8, 4) is 0 Å². The highest BCUT2D eigenvalue weighted by Gasteiger charge is 2.28. The molecule has 1 aromatic heterocycles. The smallest absolute Gasteiger partial charge is 0.408 e. The lowest BCUT2D eigenvalue weighted by Crippen LogP contribution is -2.52. The van der Waals surface area contributed by atoms with Gasteiger partial charge < -0.3 is 15.4 Å². The minimum Gasteiger partial charge on any atom is -0.444 e. The first kappa shape index (κ1) is 17.8. The highest BCUT2D eigenvalue weighted by atomic mass is 16.6. The molecule has 6 nitrogen and oxygen atoms in total. The maximum atomic E-state index is 12.0. The quantitative estimate of drug-likeness (QED) is 0.894. The summed E-state index contributed by atoms with van der Waals surface area (Å²) in [4.78, 5) is 12.0. The summed E-state index contributed by atoms with van der Waals surface area (Å²) in [5.74, 6) is 0. The topological polar surface area (TPSA) is 68.2 Å². The van der Waals surface area contributed by atoms with Crippen molar-refractivity contribution >= 4 is 6.09 Å². The monoisotopic (exact) mass is 322 g/mol. The number of carbonyl (C=O) groups excluding carboxylic acids is 1. The molecular formula is C17H30N4O2. The van der Waals surface area contributed by atoms with Crippen LogP contribution in [0.4, 0.5) is 4.79 Å². The maximum absolute atomic E-state index is 12.0. The van der Waals surface area contributed by atoms with Gasteiger partial charge in [-0.05, 0) is 53.9 Å². The van der Waals surface area contributed by atoms with E-state index in [9.17, 15) is 4.79 Å². The van der Waals surface area contributed by atoms with Gasteiger partial charge in [0, 0.05) is 30.9 Å². The van der Waals surface area contributed by atoms with E-state index in [2.05, 4.69) is 15.7 Å². The minimum absolute atomic E-state index is 0.298. The van der Waals surface area contributed by atoms with Crippen molar-refractivity contribution in [3.05, 3.63) is 17.5 Å². The first-order chi connectivity index (χ1) is 10.6. The summed E-state index contributed by atoms with van der Waals surface area (Å²) in [5, 5.41) is 10.9. The van der Waals surface area contributed by atoms with Crippen molar-refractivity contribution in [3.63, 3.8) is 0 Å². The van der Waals surface area contributed by atoms with Crippen LogP contribution in [0.1, 0.15) is 64.8 Å². The van der Waals surface area contributed by atoms with Gasteiger partial charge in [-0.3, -0.25) is 4.68 Å². The Morgan fingerprint density at radius 1 is 1.39 bits per heavy atom. The number of carbonyl (C=O) groups is 1. The Kier molecular flexibility index (Phi) is 5.04. The van der Waals surface area contributed by atoms with Crippen molar-refractivity contribution < 1.29 is 9.53 Å². The molecule has 23 heavy (non-hydrogen) atoms. The SMILES string of the molecule is Cn1ncc2c1CCCC2NCC(C)(C)NC(=O)OC(C)(C)C. The van der Waals surface area contributed by atoms with Crippen molar-refractivity contribution in [1.29, 1.82) is 0 Å². The Labute approximate surface area is 139 Å². The van der Waals surface area contributed by atoms with Crippen molar-refractivity contribution in [2.45, 2.75) is 71.1 Å². The zero-order valence-corrected chi connectivity index (χ0v) is 15.2. The Balaban J connectivity index is 1.91. The summed E-state index contributed by atoms with van der Waals surface area (Å²) in [5.41, 5.74) is 1.72. The fraction of sp³-hybridized carbons (Fsp3) is 0.765. The number of hydrogen-bond donors (Lipinski definition) is 2. The van der Waals surface area contributed by atoms with E-state index in [1.54, 1.807) is 0 Å². The van der Waals surface area contributed by atoms with Crippen LogP contribution in [-0.2, 0) is 18.2 Å². The zero-order valence-electron chi connectivity index (χ0n) is 15.2. The van der Waals surface area contributed by atoms with Crippen LogP contribution in [0.3, 0.4) is 0 Å². The van der Waals surface area contributed by atoms with Crippen molar-refractivity contribution in [1.82, 2.24) is 20.4 Å². The third-order valence-electron chi connectivity index (χ3n) is 4.01. The van der Waals surface area contributed by atoms with Gasteiger partial charge in [-0.2, -0.15) is 5.10 Å². The van der Waals surface area contributed by atoms with Gasteiger partial charge in [0.2, 0.25) is 0 Å². The summed E-state index contributed by atoms with van der Waals surface area (Å²) in [7, 11) is 2.00. The molecule has 1 aliphatic rings. The third-order valence-corrected chi connectivity index (χ3v) is 4.01. The van der Waals surface area contributed by atoms with Crippen LogP contribution in [-0.4, -0.2) is 33.6 Å². The van der Waals surface area contributed by atoms with Gasteiger partial charge in [-0.15, -0.1) is 0 Å². The van der Waals surface area contributed by atoms with E-state index in [-0.39, 0.29) is 11.6 Å². The Morgan fingerprint density at radius 3 is 2.74 bits per heavy atom. The van der Waals surface area contributed by atoms with E-state index in [1.165, 1.54) is 11.3 Å². The van der Waals surface area contributed by atoms with Crippen LogP contribution in [0.15, 0.2) is 6.20 Å². The molecular weight excluding hydrogens is 292 g/mol. The number of alkyl carbamates (subject to hydrolysis) is 1. The molecule has 1 amide bonds. The predicted molar refractivity (Wildman–Crippen MR) is 90.3 cm³/mol. The molecule has 0 spiro atoms. The van der Waals surface area contributed by atoms with Crippen LogP contribution in [0.2, 0.25) is 0 Å². The summed E-state index contributed by atoms with van der Waals surface area (Å²) < 4.78 is 7.30. The molecule has 1 heterocycles. The van der Waals surface area contributed by atoms with Crippen LogP contribution < -0.4 is 10.6 Å². The van der Waals surface area contributed by atoms with E-state index >= 15 is 0 Å². The molecule has 0 saturated heterocycles. The van der Waals surface area contributed by atoms with Crippen molar-refractivity contribution in [2.75, 3.05) is 6.54 Å². The molecule has 0 saturated carbocycles. The number of ether oxygens (including phenoxy) is 1. The zero-order chi connectivity index (χ0) is 17.3. The average molecular weight is 322 g/mol. The van der Waals surface area contributed by atoms with Crippen LogP contribution in [0, 0.1) is 0 Å². The van der Waals surface area contributed by atoms with Crippen LogP contribution in [0.25, 0.3) is 0 Å². The number of aromatic nitrogens is 2. The number of amides is 1. The number of rotatable bonds is 4. The van der Waals surface area contributed by atoms with Crippen molar-refractivity contribution in [2.24, 2.45) is 7.05 Å². The van der Waals surface area contributed by atoms with E-state index in [1.807, 2.05) is 52.5 Å². The van der Waals surface area contributed by atoms with Crippen LogP contribution >= 0.6 is 0 Å². The Hall–Kier alpha value is -1.56. The Bertz CT molecular complexity index is 557. The second kappa shape index (κ2) is 6.51. The van der Waals surface area contributed by atoms with E-state index in [4.69, 9.17) is 4.74 Å². The van der Waals surface area contributed by atoms with Crippen LogP contribution in [0.5, 0.6) is 0 Å². The molecule has 1 aliphatic carbocycles. The molecule has 2 rings (SSSR count). The molecule has 130 valence electrons. The molecule has 1 aromatic rings. The number of fused-ring (bicyclic) bond motifs is 1. The third kappa shape index (κ3) is 4.96. The lowest BCUT2D eigenvalue weighted by atomic mass is 9.92. The second-order valence-corrected chi connectivity index (χ2v) is 8.01. The Morgan fingerprint density at radius 2 is 2.09 bits per heavy atom. The van der Waals surface area contributed by atoms with Gasteiger partial charge >= 0.3 is 6.09 Å². The van der Waals surface area contributed by atoms with Gasteiger partial charge in [-0.25, -0.2) is 4.79 Å². The molecule has 0 aromatic carbocycles. The largest absolute Gasteiger partial charge is 0.444 e. The number of nitrogens with zero attached hydrogens (tertiary/aromatic N) is 2. The van der Waals surface area contributed by atoms with E-state index in [0.29, 0.717) is 12.6 Å². The van der Waals surface area contributed by atoms with E-state index < -0.39 is 5.60 Å².